The molecule has 5 heteroatoms. The van der Waals surface area contributed by atoms with E-state index in [1.165, 1.54) is 0 Å². The first kappa shape index (κ1) is 8.91. The molecule has 50 valence electrons. The van der Waals surface area contributed by atoms with Gasteiger partial charge in [0.25, 0.3) is 0 Å². The van der Waals surface area contributed by atoms with E-state index in [2.05, 4.69) is 80.4 Å². The van der Waals surface area contributed by atoms with Gasteiger partial charge < -0.3 is 4.42 Å². The maximum absolute atomic E-state index is 5.18. The Kier molecular flexibility index (Phi) is 3.44. The number of furan rings is 1. The Morgan fingerprint density at radius 3 is 1.78 bits per heavy atom. The Labute approximate surface area is 99.2 Å². The molecule has 0 spiro atoms. The van der Waals surface area contributed by atoms with Crippen LogP contribution in [0.5, 0.6) is 0 Å². The summed E-state index contributed by atoms with van der Waals surface area (Å²) in [4.78, 5) is 0. The normalized spacial score (nSPS) is 10.2. The van der Waals surface area contributed by atoms with Crippen molar-refractivity contribution in [2.24, 2.45) is 0 Å². The predicted octanol–water partition coefficient (Wildman–Crippen LogP) is 3.38. The predicted molar refractivity (Wildman–Crippen MR) is 64.1 cm³/mol. The molecule has 0 aliphatic heterocycles. The fourth-order valence-corrected chi connectivity index (χ4v) is 2.66. The highest BCUT2D eigenvalue weighted by atomic mass is 127. The summed E-state index contributed by atoms with van der Waals surface area (Å²) in [6.45, 7) is 0. The molecule has 0 aliphatic carbocycles. The van der Waals surface area contributed by atoms with Gasteiger partial charge in [0.1, 0.15) is 0 Å². The molecule has 0 saturated carbocycles. The van der Waals surface area contributed by atoms with Crippen LogP contribution in [0.4, 0.5) is 0 Å². The third-order valence-electron chi connectivity index (χ3n) is 0.739. The molecule has 0 bridgehead atoms. The highest BCUT2D eigenvalue weighted by Crippen LogP contribution is 2.29. The van der Waals surface area contributed by atoms with Crippen molar-refractivity contribution in [1.29, 1.82) is 0 Å². The van der Waals surface area contributed by atoms with Crippen molar-refractivity contribution >= 4 is 80.4 Å². The summed E-state index contributed by atoms with van der Waals surface area (Å²) in [7, 11) is 0. The lowest BCUT2D eigenvalue weighted by molar-refractivity contribution is 0.448. The monoisotopic (exact) mass is 478 g/mol. The molecular formula is C4HI3OS. The van der Waals surface area contributed by atoms with Crippen LogP contribution < -0.4 is 0 Å². The summed E-state index contributed by atoms with van der Waals surface area (Å²) >= 11 is 10.7. The molecule has 1 heterocycles. The van der Waals surface area contributed by atoms with E-state index >= 15 is 0 Å². The van der Waals surface area contributed by atoms with Gasteiger partial charge in [0.05, 0.1) is 7.14 Å². The maximum Gasteiger partial charge on any atom is 0.179 e. The fraction of sp³-hybridized carbons (Fsp3) is 0. The maximum atomic E-state index is 5.18. The average molecular weight is 478 g/mol. The number of halogens is 3. The van der Waals surface area contributed by atoms with Crippen LogP contribution >= 0.6 is 80.4 Å². The zero-order chi connectivity index (χ0) is 7.02. The van der Waals surface area contributed by atoms with Crippen molar-refractivity contribution in [3.05, 3.63) is 10.9 Å². The Morgan fingerprint density at radius 1 is 1.11 bits per heavy atom. The van der Waals surface area contributed by atoms with E-state index in [4.69, 9.17) is 4.42 Å². The van der Waals surface area contributed by atoms with Crippen molar-refractivity contribution in [2.75, 3.05) is 0 Å². The molecule has 1 aromatic heterocycles. The lowest BCUT2D eigenvalue weighted by Crippen LogP contribution is -1.69. The van der Waals surface area contributed by atoms with Crippen molar-refractivity contribution in [3.63, 3.8) is 0 Å². The summed E-state index contributed by atoms with van der Waals surface area (Å²) in [5.41, 5.74) is 0. The van der Waals surface area contributed by atoms with Crippen LogP contribution in [-0.4, -0.2) is 0 Å². The summed E-state index contributed by atoms with van der Waals surface area (Å²) in [6, 6.07) is 0. The molecule has 0 aromatic carbocycles. The van der Waals surface area contributed by atoms with Gasteiger partial charge in [-0.2, -0.15) is 0 Å². The van der Waals surface area contributed by atoms with Gasteiger partial charge in [0.15, 0.2) is 8.86 Å². The van der Waals surface area contributed by atoms with Crippen LogP contribution in [0.15, 0.2) is 9.51 Å². The highest BCUT2D eigenvalue weighted by molar-refractivity contribution is 14.1. The van der Waals surface area contributed by atoms with E-state index in [1.807, 2.05) is 0 Å². The quantitative estimate of drug-likeness (QED) is 0.447. The van der Waals surface area contributed by atoms with Gasteiger partial charge in [-0.1, -0.05) is 0 Å². The van der Waals surface area contributed by atoms with Crippen LogP contribution in [0, 0.1) is 10.9 Å². The molecule has 0 fully saturated rings. The van der Waals surface area contributed by atoms with Crippen LogP contribution in [-0.2, 0) is 0 Å². The largest absolute Gasteiger partial charge is 0.442 e. The zero-order valence-corrected chi connectivity index (χ0v) is 11.4. The van der Waals surface area contributed by atoms with Crippen molar-refractivity contribution in [3.8, 4) is 0 Å². The lowest BCUT2D eigenvalue weighted by atomic mass is 10.7. The topological polar surface area (TPSA) is 13.1 Å². The third kappa shape index (κ3) is 1.89. The zero-order valence-electron chi connectivity index (χ0n) is 3.99. The van der Waals surface area contributed by atoms with Crippen molar-refractivity contribution < 1.29 is 4.42 Å². The van der Waals surface area contributed by atoms with Gasteiger partial charge >= 0.3 is 0 Å². The number of thiol groups is 1. The van der Waals surface area contributed by atoms with E-state index in [0.717, 1.165) is 10.9 Å². The standard InChI is InChI=1S/C4HI3OS/c5-1-2(6)4(9)8-3(1)7/h9H. The first-order chi connectivity index (χ1) is 4.13. The molecule has 0 radical (unpaired) electrons. The molecule has 0 atom stereocenters. The van der Waals surface area contributed by atoms with Gasteiger partial charge in [-0.3, -0.25) is 0 Å². The molecule has 0 aliphatic rings. The summed E-state index contributed by atoms with van der Waals surface area (Å²) in [5.74, 6) is 0. The summed E-state index contributed by atoms with van der Waals surface area (Å²) in [5, 5.41) is 0.712. The van der Waals surface area contributed by atoms with E-state index in [9.17, 15) is 0 Å². The fourth-order valence-electron chi connectivity index (χ4n) is 0.355. The lowest BCUT2D eigenvalue weighted by Gasteiger charge is -1.79. The molecule has 0 amide bonds. The molecule has 9 heavy (non-hydrogen) atoms. The number of rotatable bonds is 0. The Balaban J connectivity index is 3.29. The molecule has 1 aromatic rings. The third-order valence-corrected chi connectivity index (χ3v) is 6.36. The molecule has 0 N–H and O–H groups in total. The first-order valence-corrected chi connectivity index (χ1v) is 5.63. The Bertz CT molecular complexity index is 209. The Morgan fingerprint density at radius 2 is 1.67 bits per heavy atom. The first-order valence-electron chi connectivity index (χ1n) is 1.95. The van der Waals surface area contributed by atoms with Crippen LogP contribution in [0.1, 0.15) is 0 Å². The van der Waals surface area contributed by atoms with Crippen molar-refractivity contribution in [2.45, 2.75) is 5.09 Å². The second-order valence-corrected chi connectivity index (χ2v) is 4.85. The molecule has 0 unspecified atom stereocenters. The van der Waals surface area contributed by atoms with E-state index in [-0.39, 0.29) is 0 Å². The number of hydrogen-bond acceptors (Lipinski definition) is 2. The van der Waals surface area contributed by atoms with Gasteiger partial charge in [-0.05, 0) is 45.2 Å². The van der Waals surface area contributed by atoms with Crippen LogP contribution in [0.2, 0.25) is 0 Å². The van der Waals surface area contributed by atoms with Gasteiger partial charge in [-0.15, -0.1) is 12.6 Å². The SMILES string of the molecule is Sc1oc(I)c(I)c1I. The van der Waals surface area contributed by atoms with Gasteiger partial charge in [0.2, 0.25) is 0 Å². The second-order valence-electron chi connectivity index (χ2n) is 1.31. The minimum absolute atomic E-state index is 0.712. The van der Waals surface area contributed by atoms with Crippen LogP contribution in [0.3, 0.4) is 0 Å². The number of hydrogen-bond donors (Lipinski definition) is 1. The van der Waals surface area contributed by atoms with E-state index < -0.39 is 0 Å². The van der Waals surface area contributed by atoms with E-state index in [1.54, 1.807) is 0 Å². The van der Waals surface area contributed by atoms with Crippen LogP contribution in [0.25, 0.3) is 0 Å². The molecular weight excluding hydrogens is 477 g/mol. The summed E-state index contributed by atoms with van der Waals surface area (Å²) < 4.78 is 8.35. The summed E-state index contributed by atoms with van der Waals surface area (Å²) in [6.07, 6.45) is 0. The minimum atomic E-state index is 0.712. The molecule has 0 saturated heterocycles. The molecule has 1 rings (SSSR count). The Hall–Kier alpha value is 1.82. The second kappa shape index (κ2) is 3.48. The van der Waals surface area contributed by atoms with Gasteiger partial charge in [-0.25, -0.2) is 0 Å². The van der Waals surface area contributed by atoms with Gasteiger partial charge in [0, 0.05) is 22.6 Å². The highest BCUT2D eigenvalue weighted by Gasteiger charge is 2.09. The van der Waals surface area contributed by atoms with E-state index in [0.29, 0.717) is 5.09 Å². The van der Waals surface area contributed by atoms with Crippen molar-refractivity contribution in [1.82, 2.24) is 0 Å². The molecule has 1 nitrogen and oxygen atoms in total. The smallest absolute Gasteiger partial charge is 0.179 e. The average Bonchev–Trinajstić information content (AvgIpc) is 1.98. The minimum Gasteiger partial charge on any atom is -0.442 e.